The SMILES string of the molecule is O=C1N(CCCN2CCN(c3ccc(C(F)(F)F)cc3)CC2)C(C2CC2)=NC1(c1ccccc1)c1ccccc1. The van der Waals surface area contributed by atoms with Crippen molar-refractivity contribution in [2.24, 2.45) is 10.9 Å². The van der Waals surface area contributed by atoms with Gasteiger partial charge in [0.1, 0.15) is 5.84 Å². The second-order valence-electron chi connectivity index (χ2n) is 10.9. The average molecular weight is 547 g/mol. The van der Waals surface area contributed by atoms with Gasteiger partial charge in [-0.25, -0.2) is 4.99 Å². The van der Waals surface area contributed by atoms with Crippen molar-refractivity contribution < 1.29 is 18.0 Å². The summed E-state index contributed by atoms with van der Waals surface area (Å²) in [5.41, 5.74) is 0.938. The van der Waals surface area contributed by atoms with Gasteiger partial charge >= 0.3 is 6.18 Å². The normalized spacial score (nSPS) is 19.7. The minimum Gasteiger partial charge on any atom is -0.369 e. The first kappa shape index (κ1) is 26.6. The molecule has 0 aromatic heterocycles. The molecule has 1 amide bonds. The van der Waals surface area contributed by atoms with Crippen molar-refractivity contribution in [3.8, 4) is 0 Å². The summed E-state index contributed by atoms with van der Waals surface area (Å²) in [4.78, 5) is 25.9. The Hall–Kier alpha value is -3.65. The van der Waals surface area contributed by atoms with Crippen LogP contribution in [0.5, 0.6) is 0 Å². The molecule has 0 bridgehead atoms. The number of hydrogen-bond donors (Lipinski definition) is 0. The second kappa shape index (κ2) is 10.7. The van der Waals surface area contributed by atoms with Crippen molar-refractivity contribution in [1.82, 2.24) is 9.80 Å². The van der Waals surface area contributed by atoms with Crippen molar-refractivity contribution in [3.63, 3.8) is 0 Å². The number of amides is 1. The zero-order chi connectivity index (χ0) is 27.7. The van der Waals surface area contributed by atoms with Crippen LogP contribution in [-0.4, -0.2) is 60.8 Å². The molecule has 0 unspecified atom stereocenters. The van der Waals surface area contributed by atoms with Crippen LogP contribution < -0.4 is 4.90 Å². The number of anilines is 1. The molecule has 2 fully saturated rings. The fourth-order valence-corrected chi connectivity index (χ4v) is 5.89. The molecule has 40 heavy (non-hydrogen) atoms. The van der Waals surface area contributed by atoms with Gasteiger partial charge in [0, 0.05) is 44.3 Å². The van der Waals surface area contributed by atoms with Crippen LogP contribution in [0.15, 0.2) is 89.9 Å². The number of benzene rings is 3. The zero-order valence-electron chi connectivity index (χ0n) is 22.4. The average Bonchev–Trinajstić information content (AvgIpc) is 3.79. The van der Waals surface area contributed by atoms with E-state index >= 15 is 0 Å². The molecule has 0 radical (unpaired) electrons. The van der Waals surface area contributed by atoms with E-state index in [-0.39, 0.29) is 5.91 Å². The standard InChI is InChI=1S/C32H33F3N4O/c33-32(34,35)27-14-16-28(17-15-27)38-22-20-37(21-23-38)18-7-19-39-29(24-12-13-24)36-31(30(39)40,25-8-3-1-4-9-25)26-10-5-2-6-11-26/h1-6,8-11,14-17,24H,7,12-13,18-23H2. The van der Waals surface area contributed by atoms with Gasteiger partial charge in [0.05, 0.1) is 5.56 Å². The van der Waals surface area contributed by atoms with Crippen LogP contribution >= 0.6 is 0 Å². The van der Waals surface area contributed by atoms with Crippen LogP contribution in [0.4, 0.5) is 18.9 Å². The van der Waals surface area contributed by atoms with Gasteiger partial charge in [-0.3, -0.25) is 14.6 Å². The third-order valence-electron chi connectivity index (χ3n) is 8.23. The number of alkyl halides is 3. The Morgan fingerprint density at radius 1 is 0.775 bits per heavy atom. The van der Waals surface area contributed by atoms with Crippen molar-refractivity contribution in [2.75, 3.05) is 44.2 Å². The molecular formula is C32H33F3N4O. The summed E-state index contributed by atoms with van der Waals surface area (Å²) in [7, 11) is 0. The van der Waals surface area contributed by atoms with Crippen LogP contribution in [0.1, 0.15) is 36.0 Å². The number of hydrogen-bond acceptors (Lipinski definition) is 4. The number of aliphatic imine (C=N–C) groups is 1. The Kier molecular flexibility index (Phi) is 7.13. The van der Waals surface area contributed by atoms with E-state index in [1.165, 1.54) is 0 Å². The number of piperazine rings is 1. The third kappa shape index (κ3) is 5.12. The molecule has 8 heteroatoms. The molecule has 3 aliphatic rings. The van der Waals surface area contributed by atoms with Gasteiger partial charge in [-0.05, 0) is 61.2 Å². The first-order valence-corrected chi connectivity index (χ1v) is 14.0. The predicted molar refractivity (Wildman–Crippen MR) is 150 cm³/mol. The highest BCUT2D eigenvalue weighted by Crippen LogP contribution is 2.45. The number of rotatable bonds is 8. The Morgan fingerprint density at radius 2 is 1.35 bits per heavy atom. The highest BCUT2D eigenvalue weighted by molar-refractivity contribution is 6.11. The molecule has 3 aromatic carbocycles. The van der Waals surface area contributed by atoms with Gasteiger partial charge in [-0.15, -0.1) is 0 Å². The van der Waals surface area contributed by atoms with Gasteiger partial charge in [-0.1, -0.05) is 60.7 Å². The molecule has 208 valence electrons. The van der Waals surface area contributed by atoms with E-state index in [4.69, 9.17) is 4.99 Å². The minimum atomic E-state index is -4.32. The van der Waals surface area contributed by atoms with E-state index < -0.39 is 17.3 Å². The van der Waals surface area contributed by atoms with Gasteiger partial charge in [0.25, 0.3) is 5.91 Å². The maximum absolute atomic E-state index is 14.3. The largest absolute Gasteiger partial charge is 0.416 e. The Labute approximate surface area is 232 Å². The van der Waals surface area contributed by atoms with Gasteiger partial charge in [0.15, 0.2) is 5.54 Å². The first-order valence-electron chi connectivity index (χ1n) is 14.0. The Balaban J connectivity index is 1.11. The second-order valence-corrected chi connectivity index (χ2v) is 10.9. The maximum atomic E-state index is 14.3. The van der Waals surface area contributed by atoms with E-state index in [0.29, 0.717) is 12.5 Å². The molecular weight excluding hydrogens is 513 g/mol. The molecule has 0 spiro atoms. The molecule has 1 saturated heterocycles. The van der Waals surface area contributed by atoms with Crippen molar-refractivity contribution >= 4 is 17.4 Å². The van der Waals surface area contributed by atoms with E-state index in [1.807, 2.05) is 65.6 Å². The molecule has 0 atom stereocenters. The number of nitrogens with zero attached hydrogens (tertiary/aromatic N) is 4. The molecule has 2 aliphatic heterocycles. The lowest BCUT2D eigenvalue weighted by Gasteiger charge is -2.36. The van der Waals surface area contributed by atoms with Gasteiger partial charge in [0.2, 0.25) is 0 Å². The molecule has 0 N–H and O–H groups in total. The lowest BCUT2D eigenvalue weighted by Crippen LogP contribution is -2.47. The minimum absolute atomic E-state index is 0.0268. The van der Waals surface area contributed by atoms with Gasteiger partial charge in [-0.2, -0.15) is 13.2 Å². The van der Waals surface area contributed by atoms with Crippen molar-refractivity contribution in [3.05, 3.63) is 102 Å². The van der Waals surface area contributed by atoms with E-state index in [2.05, 4.69) is 9.80 Å². The summed E-state index contributed by atoms with van der Waals surface area (Å²) in [5.74, 6) is 1.29. The first-order chi connectivity index (χ1) is 19.4. The third-order valence-corrected chi connectivity index (χ3v) is 8.23. The summed E-state index contributed by atoms with van der Waals surface area (Å²) in [6, 6.07) is 25.2. The summed E-state index contributed by atoms with van der Waals surface area (Å²) < 4.78 is 38.7. The van der Waals surface area contributed by atoms with Crippen molar-refractivity contribution in [2.45, 2.75) is 31.0 Å². The van der Waals surface area contributed by atoms with E-state index in [0.717, 1.165) is 86.8 Å². The summed E-state index contributed by atoms with van der Waals surface area (Å²) in [6.07, 6.45) is -1.36. The molecule has 3 aromatic rings. The van der Waals surface area contributed by atoms with E-state index in [9.17, 15) is 18.0 Å². The van der Waals surface area contributed by atoms with Crippen LogP contribution in [0.2, 0.25) is 0 Å². The fourth-order valence-electron chi connectivity index (χ4n) is 5.89. The lowest BCUT2D eigenvalue weighted by atomic mass is 9.83. The molecule has 6 rings (SSSR count). The van der Waals surface area contributed by atoms with Crippen LogP contribution in [-0.2, 0) is 16.5 Å². The number of amidine groups is 1. The summed E-state index contributed by atoms with van der Waals surface area (Å²) in [5, 5.41) is 0. The molecule has 5 nitrogen and oxygen atoms in total. The lowest BCUT2D eigenvalue weighted by molar-refractivity contribution is -0.137. The monoisotopic (exact) mass is 546 g/mol. The number of carbonyl (C=O) groups is 1. The van der Waals surface area contributed by atoms with Gasteiger partial charge < -0.3 is 4.90 Å². The Bertz CT molecular complexity index is 1310. The zero-order valence-corrected chi connectivity index (χ0v) is 22.4. The topological polar surface area (TPSA) is 39.2 Å². The quantitative estimate of drug-likeness (QED) is 0.358. The smallest absolute Gasteiger partial charge is 0.369 e. The Morgan fingerprint density at radius 3 is 1.88 bits per heavy atom. The number of carbonyl (C=O) groups excluding carboxylic acids is 1. The van der Waals surface area contributed by atoms with Crippen molar-refractivity contribution in [1.29, 1.82) is 0 Å². The van der Waals surface area contributed by atoms with Crippen LogP contribution in [0.3, 0.4) is 0 Å². The molecule has 1 saturated carbocycles. The summed E-state index contributed by atoms with van der Waals surface area (Å²) in [6.45, 7) is 4.65. The van der Waals surface area contributed by atoms with E-state index in [1.54, 1.807) is 12.1 Å². The fraction of sp³-hybridized carbons (Fsp3) is 0.375. The maximum Gasteiger partial charge on any atom is 0.416 e. The van der Waals surface area contributed by atoms with Crippen LogP contribution in [0.25, 0.3) is 0 Å². The molecule has 1 aliphatic carbocycles. The number of halogens is 3. The summed E-state index contributed by atoms with van der Waals surface area (Å²) >= 11 is 0. The van der Waals surface area contributed by atoms with Crippen LogP contribution in [0, 0.1) is 5.92 Å². The molecule has 2 heterocycles. The highest BCUT2D eigenvalue weighted by atomic mass is 19.4. The highest BCUT2D eigenvalue weighted by Gasteiger charge is 2.53. The predicted octanol–water partition coefficient (Wildman–Crippen LogP) is 5.81.